The summed E-state index contributed by atoms with van der Waals surface area (Å²) in [5.41, 5.74) is 6.24. The number of rotatable bonds is 6. The summed E-state index contributed by atoms with van der Waals surface area (Å²) in [4.78, 5) is 19.5. The van der Waals surface area contributed by atoms with Gasteiger partial charge in [-0.2, -0.15) is 0 Å². The predicted molar refractivity (Wildman–Crippen MR) is 112 cm³/mol. The van der Waals surface area contributed by atoms with E-state index in [9.17, 15) is 4.79 Å². The van der Waals surface area contributed by atoms with Gasteiger partial charge in [0.2, 0.25) is 5.91 Å². The fraction of sp³-hybridized carbons (Fsp3) is 0.280. The van der Waals surface area contributed by atoms with Gasteiger partial charge in [-0.25, -0.2) is 0 Å². The van der Waals surface area contributed by atoms with Crippen LogP contribution in [0.2, 0.25) is 0 Å². The van der Waals surface area contributed by atoms with E-state index in [1.165, 1.54) is 22.3 Å². The number of nitrogens with zero attached hydrogens (tertiary/aromatic N) is 2. The molecule has 1 heterocycles. The topological polar surface area (TPSA) is 33.2 Å². The van der Waals surface area contributed by atoms with E-state index in [4.69, 9.17) is 0 Å². The highest BCUT2D eigenvalue weighted by Gasteiger charge is 2.26. The molecule has 0 aliphatic heterocycles. The maximum atomic E-state index is 13.3. The van der Waals surface area contributed by atoms with Crippen LogP contribution in [-0.4, -0.2) is 15.8 Å². The molecule has 1 unspecified atom stereocenters. The quantitative estimate of drug-likeness (QED) is 0.609. The van der Waals surface area contributed by atoms with Crippen LogP contribution in [0, 0.1) is 6.92 Å². The van der Waals surface area contributed by atoms with Crippen molar-refractivity contribution in [3.05, 3.63) is 101 Å². The molecule has 0 spiro atoms. The lowest BCUT2D eigenvalue weighted by Gasteiger charge is -2.25. The molecule has 0 bridgehead atoms. The molecule has 1 atom stereocenters. The van der Waals surface area contributed by atoms with Gasteiger partial charge in [0.05, 0.1) is 0 Å². The third-order valence-corrected chi connectivity index (χ3v) is 5.75. The number of amides is 1. The summed E-state index contributed by atoms with van der Waals surface area (Å²) < 4.78 is 0. The molecule has 3 aromatic rings. The molecule has 1 aliphatic carbocycles. The van der Waals surface area contributed by atoms with E-state index in [0.29, 0.717) is 25.4 Å². The number of aryl methyl sites for hydroxylation is 2. The highest BCUT2D eigenvalue weighted by molar-refractivity contribution is 5.77. The average molecular weight is 370 g/mol. The Morgan fingerprint density at radius 1 is 1.04 bits per heavy atom. The Hall–Kier alpha value is -2.94. The fourth-order valence-corrected chi connectivity index (χ4v) is 4.13. The van der Waals surface area contributed by atoms with Crippen LogP contribution in [0.25, 0.3) is 0 Å². The molecule has 0 radical (unpaired) electrons. The number of benzene rings is 2. The second-order valence-electron chi connectivity index (χ2n) is 7.68. The second-order valence-corrected chi connectivity index (χ2v) is 7.68. The van der Waals surface area contributed by atoms with Crippen molar-refractivity contribution in [2.24, 2.45) is 0 Å². The Morgan fingerprint density at radius 3 is 2.68 bits per heavy atom. The first kappa shape index (κ1) is 18.4. The van der Waals surface area contributed by atoms with E-state index in [0.717, 1.165) is 18.4 Å². The van der Waals surface area contributed by atoms with Crippen LogP contribution in [0.5, 0.6) is 0 Å². The maximum absolute atomic E-state index is 13.3. The zero-order chi connectivity index (χ0) is 19.3. The van der Waals surface area contributed by atoms with Gasteiger partial charge in [0.15, 0.2) is 0 Å². The number of carbonyl (C=O) groups is 1. The Kier molecular flexibility index (Phi) is 5.52. The summed E-state index contributed by atoms with van der Waals surface area (Å²) in [6.07, 6.45) is 6.34. The van der Waals surface area contributed by atoms with Crippen molar-refractivity contribution in [1.29, 1.82) is 0 Å². The van der Waals surface area contributed by atoms with Crippen LogP contribution in [0.1, 0.15) is 46.6 Å². The van der Waals surface area contributed by atoms with E-state index in [-0.39, 0.29) is 5.91 Å². The summed E-state index contributed by atoms with van der Waals surface area (Å²) in [5, 5.41) is 0. The molecule has 0 saturated heterocycles. The van der Waals surface area contributed by atoms with Gasteiger partial charge in [-0.05, 0) is 59.6 Å². The lowest BCUT2D eigenvalue weighted by atomic mass is 9.97. The Balaban J connectivity index is 1.54. The predicted octanol–water partition coefficient (Wildman–Crippen LogP) is 5.04. The van der Waals surface area contributed by atoms with E-state index < -0.39 is 0 Å². The minimum Gasteiger partial charge on any atom is -0.334 e. The van der Waals surface area contributed by atoms with Crippen LogP contribution in [-0.2, 0) is 24.3 Å². The largest absolute Gasteiger partial charge is 0.334 e. The molecular weight excluding hydrogens is 344 g/mol. The molecule has 1 aliphatic rings. The minimum absolute atomic E-state index is 0.216. The first-order valence-electron chi connectivity index (χ1n) is 9.99. The highest BCUT2D eigenvalue weighted by Crippen LogP contribution is 2.35. The maximum Gasteiger partial charge on any atom is 0.223 e. The molecule has 3 heteroatoms. The van der Waals surface area contributed by atoms with Gasteiger partial charge >= 0.3 is 0 Å². The van der Waals surface area contributed by atoms with Crippen LogP contribution < -0.4 is 0 Å². The molecule has 0 N–H and O–H groups in total. The second kappa shape index (κ2) is 8.39. The number of hydrogen-bond donors (Lipinski definition) is 0. The molecule has 1 aromatic heterocycles. The van der Waals surface area contributed by atoms with E-state index in [1.54, 1.807) is 6.20 Å². The van der Waals surface area contributed by atoms with Gasteiger partial charge in [0.1, 0.15) is 0 Å². The molecule has 3 nitrogen and oxygen atoms in total. The van der Waals surface area contributed by atoms with Gasteiger partial charge in [-0.15, -0.1) is 0 Å². The number of carbonyl (C=O) groups excluding carboxylic acids is 1. The SMILES string of the molecule is Cc1ccccc1CN(Cc1cccnc1)C(=O)CC1CCc2ccccc21. The number of hydrogen-bond acceptors (Lipinski definition) is 2. The number of pyridine rings is 1. The average Bonchev–Trinajstić information content (AvgIpc) is 3.13. The van der Waals surface area contributed by atoms with Crippen molar-refractivity contribution in [3.8, 4) is 0 Å². The molecule has 142 valence electrons. The van der Waals surface area contributed by atoms with Crippen molar-refractivity contribution in [2.45, 2.75) is 45.2 Å². The van der Waals surface area contributed by atoms with Crippen LogP contribution in [0.4, 0.5) is 0 Å². The van der Waals surface area contributed by atoms with Crippen LogP contribution >= 0.6 is 0 Å². The fourth-order valence-electron chi connectivity index (χ4n) is 4.13. The van der Waals surface area contributed by atoms with Crippen molar-refractivity contribution in [2.75, 3.05) is 0 Å². The van der Waals surface area contributed by atoms with Crippen LogP contribution in [0.15, 0.2) is 73.1 Å². The Bertz CT molecular complexity index is 952. The smallest absolute Gasteiger partial charge is 0.223 e. The lowest BCUT2D eigenvalue weighted by molar-refractivity contribution is -0.132. The highest BCUT2D eigenvalue weighted by atomic mass is 16.2. The summed E-state index contributed by atoms with van der Waals surface area (Å²) >= 11 is 0. The monoisotopic (exact) mass is 370 g/mol. The minimum atomic E-state index is 0.216. The van der Waals surface area contributed by atoms with Crippen molar-refractivity contribution in [1.82, 2.24) is 9.88 Å². The van der Waals surface area contributed by atoms with Gasteiger partial charge in [-0.3, -0.25) is 9.78 Å². The molecule has 28 heavy (non-hydrogen) atoms. The van der Waals surface area contributed by atoms with E-state index in [1.807, 2.05) is 35.4 Å². The number of aromatic nitrogens is 1. The molecule has 0 saturated carbocycles. The van der Waals surface area contributed by atoms with E-state index in [2.05, 4.69) is 48.3 Å². The Labute approximate surface area is 167 Å². The van der Waals surface area contributed by atoms with Crippen molar-refractivity contribution < 1.29 is 4.79 Å². The molecule has 0 fully saturated rings. The third-order valence-electron chi connectivity index (χ3n) is 5.75. The van der Waals surface area contributed by atoms with Gasteiger partial charge in [-0.1, -0.05) is 54.6 Å². The molecular formula is C25H26N2O. The molecule has 1 amide bonds. The van der Waals surface area contributed by atoms with E-state index >= 15 is 0 Å². The zero-order valence-corrected chi connectivity index (χ0v) is 16.3. The Morgan fingerprint density at radius 2 is 1.86 bits per heavy atom. The lowest BCUT2D eigenvalue weighted by Crippen LogP contribution is -2.31. The zero-order valence-electron chi connectivity index (χ0n) is 16.3. The van der Waals surface area contributed by atoms with Crippen molar-refractivity contribution in [3.63, 3.8) is 0 Å². The van der Waals surface area contributed by atoms with Crippen LogP contribution in [0.3, 0.4) is 0 Å². The number of fused-ring (bicyclic) bond motifs is 1. The van der Waals surface area contributed by atoms with Gasteiger partial charge in [0, 0.05) is 31.9 Å². The normalized spacial score (nSPS) is 15.2. The summed E-state index contributed by atoms with van der Waals surface area (Å²) in [5.74, 6) is 0.547. The first-order valence-corrected chi connectivity index (χ1v) is 9.99. The third kappa shape index (κ3) is 4.14. The van der Waals surface area contributed by atoms with Gasteiger partial charge < -0.3 is 4.90 Å². The summed E-state index contributed by atoms with van der Waals surface area (Å²) in [6, 6.07) is 20.8. The summed E-state index contributed by atoms with van der Waals surface area (Å²) in [6.45, 7) is 3.33. The standard InChI is InChI=1S/C25H26N2O/c1-19-7-2-3-10-23(19)18-27(17-20-8-6-14-26-16-20)25(28)15-22-13-12-21-9-4-5-11-24(21)22/h2-11,14,16,22H,12-13,15,17-18H2,1H3. The molecule has 2 aromatic carbocycles. The van der Waals surface area contributed by atoms with Gasteiger partial charge in [0.25, 0.3) is 0 Å². The van der Waals surface area contributed by atoms with Crippen molar-refractivity contribution >= 4 is 5.91 Å². The first-order chi connectivity index (χ1) is 13.7. The molecule has 4 rings (SSSR count). The summed E-state index contributed by atoms with van der Waals surface area (Å²) in [7, 11) is 0.